The summed E-state index contributed by atoms with van der Waals surface area (Å²) in [4.78, 5) is 2.28. The van der Waals surface area contributed by atoms with Gasteiger partial charge in [0.2, 0.25) is 0 Å². The first-order valence-corrected chi connectivity index (χ1v) is 4.76. The molecular weight excluding hydrogens is 146 g/mol. The predicted octanol–water partition coefficient (Wildman–Crippen LogP) is 3.15. The van der Waals surface area contributed by atoms with E-state index in [1.165, 1.54) is 5.57 Å². The Labute approximate surface area is 75.8 Å². The molecule has 1 heterocycles. The predicted molar refractivity (Wildman–Crippen MR) is 53.7 cm³/mol. The molecule has 0 aromatic carbocycles. The molecule has 1 aliphatic rings. The largest absolute Gasteiger partial charge is 0.352 e. The van der Waals surface area contributed by atoms with Crippen molar-refractivity contribution < 1.29 is 0 Å². The fourth-order valence-electron chi connectivity index (χ4n) is 1.30. The number of hydrogen-bond acceptors (Lipinski definition) is 1. The van der Waals surface area contributed by atoms with Gasteiger partial charge >= 0.3 is 0 Å². The molecular formula is C11H19N. The Kier molecular flexibility index (Phi) is 2.96. The lowest BCUT2D eigenvalue weighted by Gasteiger charge is -2.26. The highest BCUT2D eigenvalue weighted by atomic mass is 15.1. The minimum absolute atomic E-state index is 0.579. The number of nitrogens with zero attached hydrogens (tertiary/aromatic N) is 1. The Hall–Kier alpha value is -0.720. The maximum Gasteiger partial charge on any atom is 0.0274 e. The van der Waals surface area contributed by atoms with Gasteiger partial charge in [-0.3, -0.25) is 0 Å². The summed E-state index contributed by atoms with van der Waals surface area (Å²) >= 11 is 0. The first-order chi connectivity index (χ1) is 5.61. The first kappa shape index (κ1) is 9.37. The molecule has 0 saturated heterocycles. The normalized spacial score (nSPS) is 17.5. The molecule has 0 N–H and O–H groups in total. The van der Waals surface area contributed by atoms with Crippen LogP contribution in [0.1, 0.15) is 34.1 Å². The Bertz CT molecular complexity index is 199. The summed E-state index contributed by atoms with van der Waals surface area (Å²) in [5, 5.41) is 0. The first-order valence-electron chi connectivity index (χ1n) is 4.76. The van der Waals surface area contributed by atoms with Crippen LogP contribution < -0.4 is 0 Å². The number of hydrogen-bond donors (Lipinski definition) is 0. The molecule has 0 fully saturated rings. The van der Waals surface area contributed by atoms with E-state index in [-0.39, 0.29) is 0 Å². The van der Waals surface area contributed by atoms with Crippen LogP contribution in [-0.2, 0) is 0 Å². The molecule has 1 rings (SSSR count). The molecule has 0 bridgehead atoms. The highest BCUT2D eigenvalue weighted by Crippen LogP contribution is 2.20. The summed E-state index contributed by atoms with van der Waals surface area (Å²) in [6.45, 7) is 8.93. The smallest absolute Gasteiger partial charge is 0.0274 e. The highest BCUT2D eigenvalue weighted by molar-refractivity contribution is 5.15. The number of allylic oxidation sites excluding steroid dienone is 2. The summed E-state index contributed by atoms with van der Waals surface area (Å²) in [7, 11) is 0. The van der Waals surface area contributed by atoms with Crippen LogP contribution in [0.25, 0.3) is 0 Å². The highest BCUT2D eigenvalue weighted by Gasteiger charge is 2.09. The minimum atomic E-state index is 0.579. The molecule has 0 radical (unpaired) electrons. The summed E-state index contributed by atoms with van der Waals surface area (Å²) in [6.07, 6.45) is 7.84. The van der Waals surface area contributed by atoms with Crippen molar-refractivity contribution >= 4 is 0 Å². The van der Waals surface area contributed by atoms with Gasteiger partial charge in [0.1, 0.15) is 0 Å². The van der Waals surface area contributed by atoms with Crippen LogP contribution in [0.4, 0.5) is 0 Å². The topological polar surface area (TPSA) is 3.24 Å². The standard InChI is InChI=1S/C11H19N/c1-9(2)11-6-5-7-12(8-11)10(3)4/h5,7-10H,6H2,1-4H3. The Balaban J connectivity index is 2.68. The van der Waals surface area contributed by atoms with Crippen molar-refractivity contribution in [2.75, 3.05) is 0 Å². The van der Waals surface area contributed by atoms with Crippen molar-refractivity contribution in [2.24, 2.45) is 5.92 Å². The lowest BCUT2D eigenvalue weighted by molar-refractivity contribution is 0.402. The van der Waals surface area contributed by atoms with E-state index in [0.717, 1.165) is 6.42 Å². The van der Waals surface area contributed by atoms with Gasteiger partial charge in [-0.15, -0.1) is 0 Å². The Morgan fingerprint density at radius 2 is 1.92 bits per heavy atom. The van der Waals surface area contributed by atoms with Gasteiger partial charge in [-0.1, -0.05) is 19.9 Å². The summed E-state index contributed by atoms with van der Waals surface area (Å²) in [6, 6.07) is 0.579. The van der Waals surface area contributed by atoms with E-state index in [1.807, 2.05) is 0 Å². The maximum atomic E-state index is 2.29. The average Bonchev–Trinajstić information content (AvgIpc) is 2.04. The zero-order chi connectivity index (χ0) is 9.14. The van der Waals surface area contributed by atoms with Gasteiger partial charge in [-0.25, -0.2) is 0 Å². The van der Waals surface area contributed by atoms with Crippen molar-refractivity contribution in [3.05, 3.63) is 24.0 Å². The van der Waals surface area contributed by atoms with Crippen LogP contribution in [0.15, 0.2) is 24.0 Å². The third-order valence-electron chi connectivity index (χ3n) is 2.28. The van der Waals surface area contributed by atoms with E-state index >= 15 is 0 Å². The molecule has 0 aliphatic carbocycles. The zero-order valence-electron chi connectivity index (χ0n) is 8.54. The van der Waals surface area contributed by atoms with Gasteiger partial charge < -0.3 is 4.90 Å². The zero-order valence-corrected chi connectivity index (χ0v) is 8.54. The van der Waals surface area contributed by atoms with Gasteiger partial charge in [-0.05, 0) is 31.8 Å². The molecule has 68 valence electrons. The second kappa shape index (κ2) is 3.79. The summed E-state index contributed by atoms with van der Waals surface area (Å²) in [5.41, 5.74) is 1.53. The fraction of sp³-hybridized carbons (Fsp3) is 0.636. The molecule has 0 aromatic rings. The maximum absolute atomic E-state index is 2.29. The molecule has 1 aliphatic heterocycles. The van der Waals surface area contributed by atoms with Crippen molar-refractivity contribution in [3.8, 4) is 0 Å². The van der Waals surface area contributed by atoms with E-state index in [0.29, 0.717) is 12.0 Å². The van der Waals surface area contributed by atoms with E-state index in [2.05, 4.69) is 51.1 Å². The molecule has 0 unspecified atom stereocenters. The van der Waals surface area contributed by atoms with Gasteiger partial charge in [0, 0.05) is 18.4 Å². The van der Waals surface area contributed by atoms with Crippen molar-refractivity contribution in [1.82, 2.24) is 4.90 Å². The molecule has 1 nitrogen and oxygen atoms in total. The molecule has 0 atom stereocenters. The second-order valence-corrected chi connectivity index (χ2v) is 3.99. The third kappa shape index (κ3) is 2.13. The molecule has 0 aromatic heterocycles. The number of rotatable bonds is 2. The van der Waals surface area contributed by atoms with E-state index < -0.39 is 0 Å². The van der Waals surface area contributed by atoms with Crippen LogP contribution in [0.5, 0.6) is 0 Å². The Morgan fingerprint density at radius 1 is 1.25 bits per heavy atom. The van der Waals surface area contributed by atoms with E-state index in [4.69, 9.17) is 0 Å². The van der Waals surface area contributed by atoms with E-state index in [9.17, 15) is 0 Å². The van der Waals surface area contributed by atoms with Gasteiger partial charge in [0.25, 0.3) is 0 Å². The van der Waals surface area contributed by atoms with Crippen LogP contribution >= 0.6 is 0 Å². The van der Waals surface area contributed by atoms with Gasteiger partial charge in [0.15, 0.2) is 0 Å². The van der Waals surface area contributed by atoms with Crippen molar-refractivity contribution in [1.29, 1.82) is 0 Å². The van der Waals surface area contributed by atoms with Crippen molar-refractivity contribution in [2.45, 2.75) is 40.2 Å². The van der Waals surface area contributed by atoms with E-state index in [1.54, 1.807) is 0 Å². The average molecular weight is 165 g/mol. The van der Waals surface area contributed by atoms with Crippen LogP contribution in [0, 0.1) is 5.92 Å². The monoisotopic (exact) mass is 165 g/mol. The molecule has 12 heavy (non-hydrogen) atoms. The van der Waals surface area contributed by atoms with Crippen LogP contribution in [0.3, 0.4) is 0 Å². The summed E-state index contributed by atoms with van der Waals surface area (Å²) < 4.78 is 0. The quantitative estimate of drug-likeness (QED) is 0.607. The SMILES string of the molecule is CC(C)C1=CN(C(C)C)C=CC1. The lowest BCUT2D eigenvalue weighted by atomic mass is 9.99. The van der Waals surface area contributed by atoms with Gasteiger partial charge in [-0.2, -0.15) is 0 Å². The summed E-state index contributed by atoms with van der Waals surface area (Å²) in [5.74, 6) is 0.677. The lowest BCUT2D eigenvalue weighted by Crippen LogP contribution is -2.22. The molecule has 0 spiro atoms. The minimum Gasteiger partial charge on any atom is -0.352 e. The third-order valence-corrected chi connectivity index (χ3v) is 2.28. The second-order valence-electron chi connectivity index (χ2n) is 3.99. The molecule has 1 heteroatoms. The molecule has 0 amide bonds. The fourth-order valence-corrected chi connectivity index (χ4v) is 1.30. The van der Waals surface area contributed by atoms with Crippen LogP contribution in [0.2, 0.25) is 0 Å². The Morgan fingerprint density at radius 3 is 2.42 bits per heavy atom. The van der Waals surface area contributed by atoms with Crippen molar-refractivity contribution in [3.63, 3.8) is 0 Å². The van der Waals surface area contributed by atoms with Gasteiger partial charge in [0.05, 0.1) is 0 Å². The molecule has 0 saturated carbocycles. The van der Waals surface area contributed by atoms with Crippen LogP contribution in [-0.4, -0.2) is 10.9 Å².